The molecular formula is H2CeCoNiO4S. The molecule has 0 bridgehead atoms. The molecule has 0 aromatic carbocycles. The van der Waals surface area contributed by atoms with Crippen LogP contribution in [0.3, 0.4) is 0 Å². The molecule has 0 fully saturated rings. The van der Waals surface area contributed by atoms with Gasteiger partial charge in [0.05, 0.1) is 0 Å². The van der Waals surface area contributed by atoms with E-state index in [1.165, 1.54) is 0 Å². The Hall–Kier alpha value is 2.25. The summed E-state index contributed by atoms with van der Waals surface area (Å²) >= 11 is 0. The molecule has 0 spiro atoms. The van der Waals surface area contributed by atoms with Crippen LogP contribution in [0.1, 0.15) is 0 Å². The van der Waals surface area contributed by atoms with Gasteiger partial charge in [0.1, 0.15) is 0 Å². The van der Waals surface area contributed by atoms with Crippen molar-refractivity contribution in [3.8, 4) is 0 Å². The van der Waals surface area contributed by atoms with Gasteiger partial charge in [0.2, 0.25) is 0 Å². The minimum atomic E-state index is -4.67. The molecule has 0 amide bonds. The summed E-state index contributed by atoms with van der Waals surface area (Å²) in [4.78, 5) is 0. The third-order valence-corrected chi connectivity index (χ3v) is 0. The van der Waals surface area contributed by atoms with Gasteiger partial charge in [0.25, 0.3) is 0 Å². The summed E-state index contributed by atoms with van der Waals surface area (Å²) in [5.41, 5.74) is 0. The standard InChI is InChI=1S/Ce.Co.Ni.H2O4S/c;;;1-5(2,3)4/h;;;(H2,1,2,3,4). The second-order valence-corrected chi connectivity index (χ2v) is 1.34. The van der Waals surface area contributed by atoms with Crippen molar-refractivity contribution in [1.29, 1.82) is 0 Å². The van der Waals surface area contributed by atoms with Crippen LogP contribution in [0.25, 0.3) is 0 Å². The summed E-state index contributed by atoms with van der Waals surface area (Å²) < 4.78 is 31.6. The van der Waals surface area contributed by atoms with Crippen molar-refractivity contribution in [1.82, 2.24) is 0 Å². The maximum atomic E-state index is 8.74. The molecule has 1 radical (unpaired) electrons. The van der Waals surface area contributed by atoms with Gasteiger partial charge in [-0.05, 0) is 0 Å². The van der Waals surface area contributed by atoms with Crippen molar-refractivity contribution >= 4 is 10.4 Å². The van der Waals surface area contributed by atoms with Crippen molar-refractivity contribution in [2.75, 3.05) is 0 Å². The maximum absolute atomic E-state index is 8.74. The van der Waals surface area contributed by atoms with Crippen LogP contribution < -0.4 is 0 Å². The SMILES string of the molecule is O=S(=O)(O)O.[Ce].[Co].[Ni]. The van der Waals surface area contributed by atoms with Crippen LogP contribution in [-0.2, 0) is 43.7 Å². The molecule has 2 N–H and O–H groups in total. The second-order valence-electron chi connectivity index (χ2n) is 0.448. The molecule has 4 nitrogen and oxygen atoms in total. The Morgan fingerprint density at radius 2 is 1.12 bits per heavy atom. The van der Waals surface area contributed by atoms with Crippen LogP contribution in [0.2, 0.25) is 0 Å². The van der Waals surface area contributed by atoms with Gasteiger partial charge in [-0.15, -0.1) is 0 Å². The molecular weight excluding hydrogens is 354 g/mol. The topological polar surface area (TPSA) is 74.6 Å². The molecule has 0 unspecified atom stereocenters. The Bertz CT molecular complexity index is 99.2. The zero-order valence-electron chi connectivity index (χ0n) is 3.27. The van der Waals surface area contributed by atoms with Gasteiger partial charge in [-0.25, -0.2) is 0 Å². The molecule has 0 heterocycles. The fraction of sp³-hybridized carbons (Fsp3) is 0. The largest absolute Gasteiger partial charge is 0.394 e. The molecule has 0 aromatic heterocycles. The molecule has 55 valence electrons. The summed E-state index contributed by atoms with van der Waals surface area (Å²) in [6.07, 6.45) is 0. The fourth-order valence-corrected chi connectivity index (χ4v) is 0. The van der Waals surface area contributed by atoms with E-state index in [2.05, 4.69) is 0 Å². The van der Waals surface area contributed by atoms with Gasteiger partial charge in [0.15, 0.2) is 0 Å². The summed E-state index contributed by atoms with van der Waals surface area (Å²) in [7, 11) is -4.67. The van der Waals surface area contributed by atoms with E-state index in [0.717, 1.165) is 0 Å². The number of hydrogen-bond acceptors (Lipinski definition) is 2. The van der Waals surface area contributed by atoms with Gasteiger partial charge in [0, 0.05) is 75.0 Å². The number of rotatable bonds is 0. The average Bonchev–Trinajstić information content (AvgIpc) is 0.722. The van der Waals surface area contributed by atoms with Gasteiger partial charge >= 0.3 is 10.4 Å². The average molecular weight is 356 g/mol. The van der Waals surface area contributed by atoms with Crippen LogP contribution in [-0.4, -0.2) is 17.5 Å². The van der Waals surface area contributed by atoms with Gasteiger partial charge in [-0.1, -0.05) is 0 Å². The summed E-state index contributed by atoms with van der Waals surface area (Å²) in [5, 5.41) is 0. The zero-order chi connectivity index (χ0) is 4.50. The van der Waals surface area contributed by atoms with E-state index in [9.17, 15) is 0 Å². The Morgan fingerprint density at radius 3 is 1.12 bits per heavy atom. The minimum Gasteiger partial charge on any atom is -0.264 e. The van der Waals surface area contributed by atoms with Gasteiger partial charge < -0.3 is 0 Å². The fourth-order valence-electron chi connectivity index (χ4n) is 0. The molecule has 0 saturated heterocycles. The Kier molecular flexibility index (Phi) is 26.0. The molecule has 0 aliphatic rings. The molecule has 0 saturated carbocycles. The molecule has 0 aliphatic heterocycles. The van der Waals surface area contributed by atoms with Crippen LogP contribution in [0.4, 0.5) is 0 Å². The molecule has 0 aromatic rings. The maximum Gasteiger partial charge on any atom is 0.394 e. The molecule has 0 aliphatic carbocycles. The van der Waals surface area contributed by atoms with E-state index in [0.29, 0.717) is 0 Å². The van der Waals surface area contributed by atoms with Crippen molar-refractivity contribution in [3.05, 3.63) is 0 Å². The van der Waals surface area contributed by atoms with Crippen molar-refractivity contribution in [3.63, 3.8) is 0 Å². The van der Waals surface area contributed by atoms with Crippen molar-refractivity contribution < 1.29 is 92.5 Å². The van der Waals surface area contributed by atoms with E-state index in [1.807, 2.05) is 0 Å². The van der Waals surface area contributed by atoms with Crippen LogP contribution in [0.15, 0.2) is 0 Å². The summed E-state index contributed by atoms with van der Waals surface area (Å²) in [6.45, 7) is 0. The predicted molar refractivity (Wildman–Crippen MR) is 14.2 cm³/mol. The Labute approximate surface area is 101 Å². The van der Waals surface area contributed by atoms with E-state index < -0.39 is 10.4 Å². The van der Waals surface area contributed by atoms with Crippen LogP contribution in [0.5, 0.6) is 0 Å². The van der Waals surface area contributed by atoms with E-state index >= 15 is 0 Å². The monoisotopic (exact) mass is 355 g/mol. The summed E-state index contributed by atoms with van der Waals surface area (Å²) in [5.74, 6) is 0. The minimum absolute atomic E-state index is 0. The number of hydrogen-bond donors (Lipinski definition) is 2. The van der Waals surface area contributed by atoms with Crippen LogP contribution >= 0.6 is 0 Å². The first kappa shape index (κ1) is 22.5. The third-order valence-electron chi connectivity index (χ3n) is 0. The molecule has 0 atom stereocenters. The van der Waals surface area contributed by atoms with E-state index in [4.69, 9.17) is 17.5 Å². The van der Waals surface area contributed by atoms with E-state index in [-0.39, 0.29) is 75.0 Å². The Balaban J connectivity index is -0.0000000267. The third kappa shape index (κ3) is 85.8. The summed E-state index contributed by atoms with van der Waals surface area (Å²) in [6, 6.07) is 0. The molecule has 8 heavy (non-hydrogen) atoms. The second kappa shape index (κ2) is 9.25. The first-order valence-corrected chi connectivity index (χ1v) is 2.10. The molecule has 0 rings (SSSR count). The quantitative estimate of drug-likeness (QED) is 0.447. The van der Waals surface area contributed by atoms with Crippen molar-refractivity contribution in [2.24, 2.45) is 0 Å². The first-order chi connectivity index (χ1) is 2.00. The van der Waals surface area contributed by atoms with E-state index in [1.54, 1.807) is 0 Å². The molecule has 8 heteroatoms. The zero-order valence-corrected chi connectivity index (χ0v) is 9.25. The van der Waals surface area contributed by atoms with Crippen LogP contribution in [0, 0.1) is 41.7 Å². The first-order valence-electron chi connectivity index (χ1n) is 0.698. The normalized spacial score (nSPS) is 7.25. The Morgan fingerprint density at radius 1 is 1.12 bits per heavy atom. The smallest absolute Gasteiger partial charge is 0.264 e. The van der Waals surface area contributed by atoms with Crippen molar-refractivity contribution in [2.45, 2.75) is 0 Å². The van der Waals surface area contributed by atoms with Gasteiger partial charge in [-0.2, -0.15) is 8.42 Å². The predicted octanol–water partition coefficient (Wildman–Crippen LogP) is -0.658. The van der Waals surface area contributed by atoms with Gasteiger partial charge in [-0.3, -0.25) is 9.11 Å².